The van der Waals surface area contributed by atoms with Gasteiger partial charge in [0.05, 0.1) is 6.42 Å². The van der Waals surface area contributed by atoms with E-state index < -0.39 is 22.8 Å². The smallest absolute Gasteiger partial charge is 0.304 e. The van der Waals surface area contributed by atoms with Crippen molar-refractivity contribution in [1.82, 2.24) is 0 Å². The minimum absolute atomic E-state index is 0.0669. The predicted molar refractivity (Wildman–Crippen MR) is 68.0 cm³/mol. The lowest BCUT2D eigenvalue weighted by Gasteiger charge is -2.08. The summed E-state index contributed by atoms with van der Waals surface area (Å²) >= 11 is 0. The van der Waals surface area contributed by atoms with Crippen LogP contribution in [0.25, 0.3) is 0 Å². The van der Waals surface area contributed by atoms with E-state index in [4.69, 9.17) is 10.8 Å². The highest BCUT2D eigenvalue weighted by Crippen LogP contribution is 2.05. The van der Waals surface area contributed by atoms with Crippen LogP contribution in [0.2, 0.25) is 0 Å². The average molecular weight is 255 g/mol. The Kier molecular flexibility index (Phi) is 5.86. The molecule has 2 atom stereocenters. The first-order chi connectivity index (χ1) is 8.08. The number of carboxylic acid groups (broad SMARTS) is 1. The molecule has 0 amide bonds. The minimum atomic E-state index is -0.979. The normalized spacial score (nSPS) is 14.2. The maximum atomic E-state index is 11.7. The summed E-state index contributed by atoms with van der Waals surface area (Å²) in [4.78, 5) is 10.4. The Balaban J connectivity index is 2.28. The Bertz CT molecular complexity index is 381. The van der Waals surface area contributed by atoms with Crippen LogP contribution >= 0.6 is 0 Å². The summed E-state index contributed by atoms with van der Waals surface area (Å²) in [6, 6.07) is 9.16. The predicted octanol–water partition coefficient (Wildman–Crippen LogP) is 1.13. The molecular formula is C12H17NO3S. The third kappa shape index (κ3) is 6.19. The summed E-state index contributed by atoms with van der Waals surface area (Å²) in [7, 11) is -0.979. The van der Waals surface area contributed by atoms with E-state index in [0.29, 0.717) is 17.9 Å². The van der Waals surface area contributed by atoms with Crippen LogP contribution in [0.5, 0.6) is 0 Å². The summed E-state index contributed by atoms with van der Waals surface area (Å²) < 4.78 is 11.7. The van der Waals surface area contributed by atoms with E-state index in [2.05, 4.69) is 0 Å². The molecule has 1 aromatic rings. The van der Waals surface area contributed by atoms with Gasteiger partial charge in [0.1, 0.15) is 0 Å². The Labute approximate surface area is 103 Å². The molecule has 0 aliphatic heterocycles. The van der Waals surface area contributed by atoms with Gasteiger partial charge in [-0.05, 0) is 12.0 Å². The molecule has 1 aromatic carbocycles. The van der Waals surface area contributed by atoms with Crippen molar-refractivity contribution in [2.45, 2.75) is 24.6 Å². The summed E-state index contributed by atoms with van der Waals surface area (Å²) in [5, 5.41) is 8.53. The van der Waals surface area contributed by atoms with Gasteiger partial charge in [0.2, 0.25) is 0 Å². The molecule has 0 aliphatic carbocycles. The highest BCUT2D eigenvalue weighted by molar-refractivity contribution is 7.84. The molecule has 0 radical (unpaired) electrons. The van der Waals surface area contributed by atoms with Crippen LogP contribution in [0.3, 0.4) is 0 Å². The van der Waals surface area contributed by atoms with E-state index >= 15 is 0 Å². The molecule has 0 fully saturated rings. The van der Waals surface area contributed by atoms with Crippen LogP contribution in [0.1, 0.15) is 18.4 Å². The summed E-state index contributed by atoms with van der Waals surface area (Å²) in [6.45, 7) is 0. The van der Waals surface area contributed by atoms with Crippen LogP contribution in [0.15, 0.2) is 30.3 Å². The third-order valence-corrected chi connectivity index (χ3v) is 3.67. The van der Waals surface area contributed by atoms with Gasteiger partial charge in [-0.2, -0.15) is 0 Å². The molecule has 5 heteroatoms. The molecule has 17 heavy (non-hydrogen) atoms. The number of carbonyl (C=O) groups is 1. The van der Waals surface area contributed by atoms with E-state index in [1.165, 1.54) is 0 Å². The summed E-state index contributed by atoms with van der Waals surface area (Å²) in [5.41, 5.74) is 6.63. The van der Waals surface area contributed by atoms with Gasteiger partial charge in [-0.1, -0.05) is 30.3 Å². The maximum absolute atomic E-state index is 11.7. The Hall–Kier alpha value is -1.20. The molecule has 0 heterocycles. The van der Waals surface area contributed by atoms with Gasteiger partial charge in [-0.15, -0.1) is 0 Å². The lowest BCUT2D eigenvalue weighted by molar-refractivity contribution is -0.137. The van der Waals surface area contributed by atoms with Crippen LogP contribution in [0, 0.1) is 0 Å². The quantitative estimate of drug-likeness (QED) is 0.765. The van der Waals surface area contributed by atoms with Crippen molar-refractivity contribution in [2.75, 3.05) is 5.75 Å². The standard InChI is InChI=1S/C12H17NO3S/c13-11(8-12(14)15)6-7-17(16)9-10-4-2-1-3-5-10/h1-5,11H,6-9,13H2,(H,14,15). The second-order valence-electron chi connectivity index (χ2n) is 3.92. The lowest BCUT2D eigenvalue weighted by Crippen LogP contribution is -2.25. The number of aliphatic carboxylic acids is 1. The first-order valence-corrected chi connectivity index (χ1v) is 6.93. The molecule has 0 aromatic heterocycles. The largest absolute Gasteiger partial charge is 0.481 e. The number of hydrogen-bond acceptors (Lipinski definition) is 3. The molecular weight excluding hydrogens is 238 g/mol. The van der Waals surface area contributed by atoms with Crippen molar-refractivity contribution in [2.24, 2.45) is 5.73 Å². The zero-order valence-corrected chi connectivity index (χ0v) is 10.4. The molecule has 3 N–H and O–H groups in total. The van der Waals surface area contributed by atoms with Crippen LogP contribution in [-0.4, -0.2) is 27.1 Å². The molecule has 0 bridgehead atoms. The second-order valence-corrected chi connectivity index (χ2v) is 5.50. The molecule has 4 nitrogen and oxygen atoms in total. The van der Waals surface area contributed by atoms with Gasteiger partial charge in [0.25, 0.3) is 0 Å². The Morgan fingerprint density at radius 2 is 2.00 bits per heavy atom. The van der Waals surface area contributed by atoms with Crippen molar-refractivity contribution in [3.05, 3.63) is 35.9 Å². The van der Waals surface area contributed by atoms with Crippen LogP contribution < -0.4 is 5.73 Å². The maximum Gasteiger partial charge on any atom is 0.304 e. The molecule has 94 valence electrons. The summed E-state index contributed by atoms with van der Waals surface area (Å²) in [6.07, 6.45) is 0.411. The first kappa shape index (κ1) is 13.9. The van der Waals surface area contributed by atoms with E-state index in [-0.39, 0.29) is 6.42 Å². The second kappa shape index (κ2) is 7.19. The fraction of sp³-hybridized carbons (Fsp3) is 0.417. The van der Waals surface area contributed by atoms with Gasteiger partial charge in [-0.3, -0.25) is 9.00 Å². The molecule has 0 saturated heterocycles. The lowest BCUT2D eigenvalue weighted by atomic mass is 10.2. The van der Waals surface area contributed by atoms with Crippen LogP contribution in [-0.2, 0) is 21.3 Å². The van der Waals surface area contributed by atoms with E-state index in [1.54, 1.807) is 0 Å². The van der Waals surface area contributed by atoms with Gasteiger partial charge in [0, 0.05) is 28.3 Å². The van der Waals surface area contributed by atoms with Gasteiger partial charge in [-0.25, -0.2) is 0 Å². The fourth-order valence-corrected chi connectivity index (χ4v) is 2.72. The fourth-order valence-electron chi connectivity index (χ4n) is 1.44. The number of nitrogens with two attached hydrogens (primary N) is 1. The van der Waals surface area contributed by atoms with E-state index in [9.17, 15) is 9.00 Å². The van der Waals surface area contributed by atoms with Gasteiger partial charge >= 0.3 is 5.97 Å². The highest BCUT2D eigenvalue weighted by atomic mass is 32.2. The SMILES string of the molecule is NC(CCS(=O)Cc1ccccc1)CC(=O)O. The molecule has 0 spiro atoms. The molecule has 0 saturated carbocycles. The first-order valence-electron chi connectivity index (χ1n) is 5.44. The zero-order valence-electron chi connectivity index (χ0n) is 9.54. The van der Waals surface area contributed by atoms with Crippen molar-refractivity contribution in [3.8, 4) is 0 Å². The molecule has 0 aliphatic rings. The highest BCUT2D eigenvalue weighted by Gasteiger charge is 2.10. The monoisotopic (exact) mass is 255 g/mol. The number of rotatable bonds is 7. The van der Waals surface area contributed by atoms with Crippen molar-refractivity contribution in [1.29, 1.82) is 0 Å². The topological polar surface area (TPSA) is 80.4 Å². The Morgan fingerprint density at radius 3 is 2.59 bits per heavy atom. The van der Waals surface area contributed by atoms with Gasteiger partial charge < -0.3 is 10.8 Å². The number of benzene rings is 1. The molecule has 1 rings (SSSR count). The zero-order chi connectivity index (χ0) is 12.7. The summed E-state index contributed by atoms with van der Waals surface area (Å²) in [5.74, 6) is 0.0376. The van der Waals surface area contributed by atoms with Crippen molar-refractivity contribution in [3.63, 3.8) is 0 Å². The number of carboxylic acids is 1. The number of hydrogen-bond donors (Lipinski definition) is 2. The van der Waals surface area contributed by atoms with Crippen molar-refractivity contribution < 1.29 is 14.1 Å². The Morgan fingerprint density at radius 1 is 1.35 bits per heavy atom. The van der Waals surface area contributed by atoms with Crippen LogP contribution in [0.4, 0.5) is 0 Å². The average Bonchev–Trinajstić information content (AvgIpc) is 2.27. The minimum Gasteiger partial charge on any atom is -0.481 e. The van der Waals surface area contributed by atoms with Crippen molar-refractivity contribution >= 4 is 16.8 Å². The van der Waals surface area contributed by atoms with Gasteiger partial charge in [0.15, 0.2) is 0 Å². The van der Waals surface area contributed by atoms with E-state index in [0.717, 1.165) is 5.56 Å². The van der Waals surface area contributed by atoms with E-state index in [1.807, 2.05) is 30.3 Å². The molecule has 2 unspecified atom stereocenters. The third-order valence-electron chi connectivity index (χ3n) is 2.32.